The summed E-state index contributed by atoms with van der Waals surface area (Å²) in [6.07, 6.45) is 3.36. The lowest BCUT2D eigenvalue weighted by Gasteiger charge is -2.42. The first-order chi connectivity index (χ1) is 8.19. The Balaban J connectivity index is 2.07. The van der Waals surface area contributed by atoms with Gasteiger partial charge in [0, 0.05) is 0 Å². The van der Waals surface area contributed by atoms with E-state index in [0.29, 0.717) is 17.4 Å². The Hall–Kier alpha value is -0.0900. The van der Waals surface area contributed by atoms with Gasteiger partial charge >= 0.3 is 0 Å². The van der Waals surface area contributed by atoms with Crippen molar-refractivity contribution in [1.82, 2.24) is 0 Å². The molecule has 2 fully saturated rings. The fourth-order valence-corrected chi connectivity index (χ4v) is 5.54. The molecule has 0 bridgehead atoms. The van der Waals surface area contributed by atoms with Crippen molar-refractivity contribution in [3.8, 4) is 0 Å². The predicted octanol–water partition coefficient (Wildman–Crippen LogP) is 2.24. The summed E-state index contributed by atoms with van der Waals surface area (Å²) < 4.78 is 23.2. The zero-order chi connectivity index (χ0) is 13.6. The van der Waals surface area contributed by atoms with Gasteiger partial charge < -0.3 is 5.11 Å². The van der Waals surface area contributed by atoms with Gasteiger partial charge in [-0.2, -0.15) is 0 Å². The minimum absolute atomic E-state index is 0.190. The highest BCUT2D eigenvalue weighted by atomic mass is 32.2. The molecular weight excluding hydrogens is 248 g/mol. The number of rotatable bonds is 1. The molecule has 106 valence electrons. The summed E-state index contributed by atoms with van der Waals surface area (Å²) in [5.41, 5.74) is 0.260. The van der Waals surface area contributed by atoms with E-state index in [1.54, 1.807) is 0 Å². The molecule has 1 heterocycles. The van der Waals surface area contributed by atoms with E-state index in [1.165, 1.54) is 0 Å². The van der Waals surface area contributed by atoms with Crippen LogP contribution in [0.3, 0.4) is 0 Å². The summed E-state index contributed by atoms with van der Waals surface area (Å²) >= 11 is 0. The van der Waals surface area contributed by atoms with Gasteiger partial charge in [-0.25, -0.2) is 8.42 Å². The Morgan fingerprint density at radius 3 is 2.28 bits per heavy atom. The molecule has 0 spiro atoms. The first-order valence-electron chi connectivity index (χ1n) is 7.07. The van der Waals surface area contributed by atoms with Gasteiger partial charge in [0.05, 0.1) is 17.6 Å². The SMILES string of the molecule is CC(C)(C)C1CCC(O)C(C2CCS(=O)(=O)C2)C1. The summed E-state index contributed by atoms with van der Waals surface area (Å²) in [7, 11) is -2.83. The molecular formula is C14H26O3S. The van der Waals surface area contributed by atoms with Gasteiger partial charge in [-0.15, -0.1) is 0 Å². The van der Waals surface area contributed by atoms with E-state index in [9.17, 15) is 13.5 Å². The molecule has 0 amide bonds. The molecule has 4 heteroatoms. The van der Waals surface area contributed by atoms with Crippen LogP contribution in [-0.4, -0.2) is 31.1 Å². The van der Waals surface area contributed by atoms with Gasteiger partial charge in [0.2, 0.25) is 0 Å². The van der Waals surface area contributed by atoms with Gasteiger partial charge in [-0.05, 0) is 48.9 Å². The lowest BCUT2D eigenvalue weighted by molar-refractivity contribution is -0.00254. The maximum atomic E-state index is 11.6. The van der Waals surface area contributed by atoms with Gasteiger partial charge in [-0.1, -0.05) is 20.8 Å². The van der Waals surface area contributed by atoms with E-state index < -0.39 is 9.84 Å². The number of hydrogen-bond donors (Lipinski definition) is 1. The van der Waals surface area contributed by atoms with Crippen molar-refractivity contribution in [1.29, 1.82) is 0 Å². The standard InChI is InChI=1S/C14H26O3S/c1-14(2,3)11-4-5-13(15)12(8-11)10-6-7-18(16,17)9-10/h10-13,15H,4-9H2,1-3H3. The number of aliphatic hydroxyl groups excluding tert-OH is 1. The van der Waals surface area contributed by atoms with E-state index in [4.69, 9.17) is 0 Å². The Kier molecular flexibility index (Phi) is 3.81. The van der Waals surface area contributed by atoms with Crippen molar-refractivity contribution in [2.75, 3.05) is 11.5 Å². The van der Waals surface area contributed by atoms with Crippen molar-refractivity contribution < 1.29 is 13.5 Å². The van der Waals surface area contributed by atoms with Crippen LogP contribution in [0.5, 0.6) is 0 Å². The first kappa shape index (κ1) is 14.3. The van der Waals surface area contributed by atoms with Crippen LogP contribution >= 0.6 is 0 Å². The average Bonchev–Trinajstić information content (AvgIpc) is 2.57. The first-order valence-corrected chi connectivity index (χ1v) is 8.90. The number of sulfone groups is 1. The second kappa shape index (κ2) is 4.78. The van der Waals surface area contributed by atoms with Crippen LogP contribution in [0.1, 0.15) is 46.5 Å². The third-order valence-electron chi connectivity index (χ3n) is 4.96. The lowest BCUT2D eigenvalue weighted by atomic mass is 9.65. The molecule has 4 atom stereocenters. The molecule has 1 saturated heterocycles. The molecule has 4 unspecified atom stereocenters. The second-order valence-corrected chi connectivity index (χ2v) is 9.50. The summed E-state index contributed by atoms with van der Waals surface area (Å²) in [5, 5.41) is 10.2. The quantitative estimate of drug-likeness (QED) is 0.798. The van der Waals surface area contributed by atoms with E-state index in [-0.39, 0.29) is 23.4 Å². The maximum Gasteiger partial charge on any atom is 0.150 e. The van der Waals surface area contributed by atoms with Gasteiger partial charge in [0.15, 0.2) is 9.84 Å². The topological polar surface area (TPSA) is 54.4 Å². The molecule has 18 heavy (non-hydrogen) atoms. The highest BCUT2D eigenvalue weighted by molar-refractivity contribution is 7.91. The summed E-state index contributed by atoms with van der Waals surface area (Å²) in [5.74, 6) is 1.61. The summed E-state index contributed by atoms with van der Waals surface area (Å²) in [6, 6.07) is 0. The lowest BCUT2D eigenvalue weighted by Crippen LogP contribution is -2.38. The molecule has 1 aliphatic heterocycles. The maximum absolute atomic E-state index is 11.6. The summed E-state index contributed by atoms with van der Waals surface area (Å²) in [6.45, 7) is 6.74. The van der Waals surface area contributed by atoms with Crippen molar-refractivity contribution >= 4 is 9.84 Å². The van der Waals surface area contributed by atoms with Gasteiger partial charge in [-0.3, -0.25) is 0 Å². The largest absolute Gasteiger partial charge is 0.393 e. The van der Waals surface area contributed by atoms with Gasteiger partial charge in [0.1, 0.15) is 0 Å². The smallest absolute Gasteiger partial charge is 0.150 e. The molecule has 0 aromatic heterocycles. The Labute approximate surface area is 111 Å². The normalized spacial score (nSPS) is 40.9. The van der Waals surface area contributed by atoms with Crippen LogP contribution in [0.15, 0.2) is 0 Å². The van der Waals surface area contributed by atoms with E-state index in [2.05, 4.69) is 20.8 Å². The Morgan fingerprint density at radius 2 is 1.78 bits per heavy atom. The molecule has 0 aromatic rings. The van der Waals surface area contributed by atoms with Crippen LogP contribution in [0.2, 0.25) is 0 Å². The zero-order valence-electron chi connectivity index (χ0n) is 11.7. The molecule has 3 nitrogen and oxygen atoms in total. The van der Waals surface area contributed by atoms with Crippen LogP contribution in [-0.2, 0) is 9.84 Å². The van der Waals surface area contributed by atoms with Crippen molar-refractivity contribution in [2.24, 2.45) is 23.2 Å². The minimum atomic E-state index is -2.83. The molecule has 1 aliphatic carbocycles. The van der Waals surface area contributed by atoms with E-state index in [0.717, 1.165) is 25.7 Å². The molecule has 0 radical (unpaired) electrons. The molecule has 1 N–H and O–H groups in total. The van der Waals surface area contributed by atoms with Crippen molar-refractivity contribution in [3.05, 3.63) is 0 Å². The van der Waals surface area contributed by atoms with E-state index >= 15 is 0 Å². The number of hydrogen-bond acceptors (Lipinski definition) is 3. The monoisotopic (exact) mass is 274 g/mol. The molecule has 1 saturated carbocycles. The molecule has 2 aliphatic rings. The van der Waals surface area contributed by atoms with Crippen molar-refractivity contribution in [2.45, 2.75) is 52.6 Å². The second-order valence-electron chi connectivity index (χ2n) is 7.27. The van der Waals surface area contributed by atoms with Crippen LogP contribution in [0.25, 0.3) is 0 Å². The van der Waals surface area contributed by atoms with Crippen LogP contribution in [0.4, 0.5) is 0 Å². The zero-order valence-corrected chi connectivity index (χ0v) is 12.5. The highest BCUT2D eigenvalue weighted by Crippen LogP contribution is 2.44. The highest BCUT2D eigenvalue weighted by Gasteiger charge is 2.42. The minimum Gasteiger partial charge on any atom is -0.393 e. The Morgan fingerprint density at radius 1 is 1.11 bits per heavy atom. The van der Waals surface area contributed by atoms with Crippen LogP contribution < -0.4 is 0 Å². The fraction of sp³-hybridized carbons (Fsp3) is 1.00. The third-order valence-corrected chi connectivity index (χ3v) is 6.75. The molecule has 0 aromatic carbocycles. The van der Waals surface area contributed by atoms with Crippen LogP contribution in [0, 0.1) is 23.2 Å². The van der Waals surface area contributed by atoms with Crippen molar-refractivity contribution in [3.63, 3.8) is 0 Å². The van der Waals surface area contributed by atoms with Gasteiger partial charge in [0.25, 0.3) is 0 Å². The predicted molar refractivity (Wildman–Crippen MR) is 73.1 cm³/mol. The summed E-state index contributed by atoms with van der Waals surface area (Å²) in [4.78, 5) is 0. The Bertz CT molecular complexity index is 394. The average molecular weight is 274 g/mol. The number of aliphatic hydroxyl groups is 1. The third kappa shape index (κ3) is 3.08. The van der Waals surface area contributed by atoms with E-state index in [1.807, 2.05) is 0 Å². The fourth-order valence-electron chi connectivity index (χ4n) is 3.64. The molecule has 2 rings (SSSR count).